The maximum absolute atomic E-state index is 14.0. The summed E-state index contributed by atoms with van der Waals surface area (Å²) in [6.45, 7) is 4.56. The van der Waals surface area contributed by atoms with Crippen molar-refractivity contribution >= 4 is 11.9 Å². The number of hydrogen-bond acceptors (Lipinski definition) is 6. The molecular weight excluding hydrogens is 508 g/mol. The van der Waals surface area contributed by atoms with Gasteiger partial charge in [-0.3, -0.25) is 9.69 Å². The Kier molecular flexibility index (Phi) is 7.42. The SMILES string of the molecule is CC1(C)O[C@H]2O[C@H]([C@@H]3CC(=O)N(Cc4ccccc4)C(=O)N3Cc3ccccc3)[C@H](OCc3ccccc3)[C@H]2O1. The minimum absolute atomic E-state index is 0.101. The van der Waals surface area contributed by atoms with Gasteiger partial charge in [-0.15, -0.1) is 0 Å². The molecule has 3 aliphatic heterocycles. The maximum atomic E-state index is 14.0. The lowest BCUT2D eigenvalue weighted by molar-refractivity contribution is -0.227. The first-order valence-electron chi connectivity index (χ1n) is 13.7. The van der Waals surface area contributed by atoms with Crippen LogP contribution in [0.25, 0.3) is 0 Å². The third-order valence-electron chi connectivity index (χ3n) is 7.63. The van der Waals surface area contributed by atoms with E-state index in [0.29, 0.717) is 13.2 Å². The number of fused-ring (bicyclic) bond motifs is 1. The molecule has 3 fully saturated rings. The van der Waals surface area contributed by atoms with Gasteiger partial charge < -0.3 is 23.8 Å². The largest absolute Gasteiger partial charge is 0.368 e. The van der Waals surface area contributed by atoms with E-state index in [1.807, 2.05) is 105 Å². The fourth-order valence-corrected chi connectivity index (χ4v) is 5.75. The van der Waals surface area contributed by atoms with E-state index in [-0.39, 0.29) is 24.9 Å². The van der Waals surface area contributed by atoms with Crippen molar-refractivity contribution in [2.24, 2.45) is 0 Å². The van der Waals surface area contributed by atoms with Crippen LogP contribution >= 0.6 is 0 Å². The Hall–Kier alpha value is -3.56. The zero-order valence-electron chi connectivity index (χ0n) is 22.7. The standard InChI is InChI=1S/C32H34N2O6/c1-32(2)39-29-28(37-21-24-16-10-5-11-17-24)27(38-30(29)40-32)25-18-26(35)34(20-23-14-8-4-9-15-23)31(36)33(25)19-22-12-6-3-7-13-22/h3-17,25,27-30H,18-21H2,1-2H3/t25-,27+,28-,29+,30+/m0/s1. The van der Waals surface area contributed by atoms with Crippen molar-refractivity contribution in [3.05, 3.63) is 108 Å². The molecule has 3 aromatic rings. The van der Waals surface area contributed by atoms with Gasteiger partial charge in [0, 0.05) is 6.54 Å². The molecule has 0 N–H and O–H groups in total. The molecule has 0 unspecified atom stereocenters. The molecule has 3 aliphatic rings. The van der Waals surface area contributed by atoms with Crippen molar-refractivity contribution in [3.63, 3.8) is 0 Å². The first kappa shape index (κ1) is 26.7. The molecule has 3 saturated heterocycles. The molecule has 8 heteroatoms. The maximum Gasteiger partial charge on any atom is 0.327 e. The summed E-state index contributed by atoms with van der Waals surface area (Å²) in [4.78, 5) is 30.6. The Morgan fingerprint density at radius 3 is 1.98 bits per heavy atom. The molecule has 40 heavy (non-hydrogen) atoms. The number of ether oxygens (including phenoxy) is 4. The number of imide groups is 1. The Balaban J connectivity index is 1.30. The third-order valence-corrected chi connectivity index (χ3v) is 7.63. The highest BCUT2D eigenvalue weighted by Gasteiger charge is 2.59. The van der Waals surface area contributed by atoms with E-state index in [9.17, 15) is 9.59 Å². The molecule has 208 valence electrons. The highest BCUT2D eigenvalue weighted by Crippen LogP contribution is 2.42. The molecule has 0 bridgehead atoms. The molecule has 5 atom stereocenters. The Labute approximate surface area is 234 Å². The van der Waals surface area contributed by atoms with E-state index in [2.05, 4.69) is 0 Å². The molecule has 3 amide bonds. The lowest BCUT2D eigenvalue weighted by atomic mass is 9.95. The van der Waals surface area contributed by atoms with Crippen molar-refractivity contribution < 1.29 is 28.5 Å². The van der Waals surface area contributed by atoms with Gasteiger partial charge in [-0.1, -0.05) is 91.0 Å². The number of carbonyl (C=O) groups is 2. The average molecular weight is 543 g/mol. The van der Waals surface area contributed by atoms with Gasteiger partial charge in [0.2, 0.25) is 5.91 Å². The monoisotopic (exact) mass is 542 g/mol. The quantitative estimate of drug-likeness (QED) is 0.404. The van der Waals surface area contributed by atoms with Gasteiger partial charge in [-0.2, -0.15) is 0 Å². The summed E-state index contributed by atoms with van der Waals surface area (Å²) in [7, 11) is 0. The molecule has 0 saturated carbocycles. The average Bonchev–Trinajstić information content (AvgIpc) is 3.44. The van der Waals surface area contributed by atoms with Crippen LogP contribution in [0.4, 0.5) is 4.79 Å². The normalized spacial score (nSPS) is 27.7. The predicted molar refractivity (Wildman–Crippen MR) is 146 cm³/mol. The van der Waals surface area contributed by atoms with Crippen LogP contribution in [-0.2, 0) is 43.4 Å². The van der Waals surface area contributed by atoms with Gasteiger partial charge in [-0.05, 0) is 30.5 Å². The van der Waals surface area contributed by atoms with Crippen molar-refractivity contribution in [1.82, 2.24) is 9.80 Å². The van der Waals surface area contributed by atoms with Crippen molar-refractivity contribution in [2.75, 3.05) is 0 Å². The Morgan fingerprint density at radius 2 is 1.35 bits per heavy atom. The summed E-state index contributed by atoms with van der Waals surface area (Å²) >= 11 is 0. The Bertz CT molecular complexity index is 1320. The minimum Gasteiger partial charge on any atom is -0.368 e. The van der Waals surface area contributed by atoms with Gasteiger partial charge in [0.25, 0.3) is 0 Å². The number of rotatable bonds is 8. The molecule has 8 nitrogen and oxygen atoms in total. The first-order valence-corrected chi connectivity index (χ1v) is 13.7. The van der Waals surface area contributed by atoms with Crippen LogP contribution in [0.5, 0.6) is 0 Å². The van der Waals surface area contributed by atoms with Crippen LogP contribution < -0.4 is 0 Å². The van der Waals surface area contributed by atoms with Crippen molar-refractivity contribution in [1.29, 1.82) is 0 Å². The topological polar surface area (TPSA) is 77.5 Å². The van der Waals surface area contributed by atoms with Crippen LogP contribution in [0.15, 0.2) is 91.0 Å². The molecule has 6 rings (SSSR count). The van der Waals surface area contributed by atoms with Gasteiger partial charge in [0.15, 0.2) is 12.1 Å². The number of benzene rings is 3. The van der Waals surface area contributed by atoms with Gasteiger partial charge in [0.05, 0.1) is 25.6 Å². The smallest absolute Gasteiger partial charge is 0.327 e. The molecule has 0 aromatic heterocycles. The zero-order valence-corrected chi connectivity index (χ0v) is 22.7. The number of hydrogen-bond donors (Lipinski definition) is 0. The number of nitrogens with zero attached hydrogens (tertiary/aromatic N) is 2. The summed E-state index contributed by atoms with van der Waals surface area (Å²) in [6.07, 6.45) is -2.21. The summed E-state index contributed by atoms with van der Waals surface area (Å²) in [6, 6.07) is 28.3. The summed E-state index contributed by atoms with van der Waals surface area (Å²) in [5.74, 6) is -1.07. The second-order valence-corrected chi connectivity index (χ2v) is 11.0. The van der Waals surface area contributed by atoms with E-state index in [0.717, 1.165) is 16.7 Å². The lowest BCUT2D eigenvalue weighted by Crippen LogP contribution is -2.61. The van der Waals surface area contributed by atoms with E-state index in [1.54, 1.807) is 4.90 Å². The molecule has 0 radical (unpaired) electrons. The summed E-state index contributed by atoms with van der Waals surface area (Å²) in [5, 5.41) is 0. The second-order valence-electron chi connectivity index (χ2n) is 11.0. The van der Waals surface area contributed by atoms with Gasteiger partial charge in [0.1, 0.15) is 18.3 Å². The fraction of sp³-hybridized carbons (Fsp3) is 0.375. The zero-order chi connectivity index (χ0) is 27.7. The predicted octanol–water partition coefficient (Wildman–Crippen LogP) is 4.87. The molecule has 3 heterocycles. The molecular formula is C32H34N2O6. The number of urea groups is 1. The second kappa shape index (κ2) is 11.1. The fourth-order valence-electron chi connectivity index (χ4n) is 5.75. The Morgan fingerprint density at radius 1 is 0.775 bits per heavy atom. The van der Waals surface area contributed by atoms with Crippen LogP contribution in [0.1, 0.15) is 37.0 Å². The van der Waals surface area contributed by atoms with Crippen molar-refractivity contribution in [3.8, 4) is 0 Å². The highest BCUT2D eigenvalue weighted by atomic mass is 16.8. The van der Waals surface area contributed by atoms with Crippen LogP contribution in [0.3, 0.4) is 0 Å². The van der Waals surface area contributed by atoms with Crippen LogP contribution in [-0.4, -0.2) is 58.2 Å². The summed E-state index contributed by atoms with van der Waals surface area (Å²) in [5.41, 5.74) is 2.86. The number of amides is 3. The van der Waals surface area contributed by atoms with Crippen LogP contribution in [0.2, 0.25) is 0 Å². The first-order chi connectivity index (χ1) is 19.4. The molecule has 0 aliphatic carbocycles. The van der Waals surface area contributed by atoms with Gasteiger partial charge >= 0.3 is 6.03 Å². The lowest BCUT2D eigenvalue weighted by Gasteiger charge is -2.44. The molecule has 3 aromatic carbocycles. The minimum atomic E-state index is -0.830. The molecule has 0 spiro atoms. The highest BCUT2D eigenvalue weighted by molar-refractivity contribution is 5.97. The van der Waals surface area contributed by atoms with Crippen LogP contribution in [0, 0.1) is 0 Å². The van der Waals surface area contributed by atoms with E-state index in [1.165, 1.54) is 4.90 Å². The van der Waals surface area contributed by atoms with Crippen molar-refractivity contribution in [2.45, 2.75) is 76.4 Å². The van der Waals surface area contributed by atoms with E-state index < -0.39 is 36.4 Å². The van der Waals surface area contributed by atoms with Gasteiger partial charge in [-0.25, -0.2) is 4.79 Å². The third kappa shape index (κ3) is 5.53. The number of carbonyl (C=O) groups excluding carboxylic acids is 2. The summed E-state index contributed by atoms with van der Waals surface area (Å²) < 4.78 is 25.2. The van der Waals surface area contributed by atoms with E-state index >= 15 is 0 Å². The van der Waals surface area contributed by atoms with E-state index in [4.69, 9.17) is 18.9 Å².